The number of benzene rings is 2. The van der Waals surface area contributed by atoms with Crippen molar-refractivity contribution in [2.75, 3.05) is 7.11 Å². The maximum atomic E-state index is 11.2. The minimum atomic E-state index is -4.38. The number of phenolic OH excluding ortho intramolecular Hbond substituents is 1. The lowest BCUT2D eigenvalue weighted by molar-refractivity contribution is 0.415. The summed E-state index contributed by atoms with van der Waals surface area (Å²) in [5.74, 6) is 0.0674. The van der Waals surface area contributed by atoms with Crippen LogP contribution in [0, 0.1) is 11.3 Å². The molecule has 0 aliphatic heterocycles. The van der Waals surface area contributed by atoms with E-state index in [0.29, 0.717) is 0 Å². The third kappa shape index (κ3) is 3.82. The highest BCUT2D eigenvalue weighted by Crippen LogP contribution is 2.32. The van der Waals surface area contributed by atoms with Crippen LogP contribution in [0.25, 0.3) is 0 Å². The van der Waals surface area contributed by atoms with Crippen LogP contribution >= 0.6 is 0 Å². The van der Waals surface area contributed by atoms with Crippen LogP contribution in [-0.4, -0.2) is 25.2 Å². The van der Waals surface area contributed by atoms with Gasteiger partial charge in [0.1, 0.15) is 23.3 Å². The van der Waals surface area contributed by atoms with Gasteiger partial charge in [0, 0.05) is 0 Å². The molecule has 0 heterocycles. The molecular formula is C14H11N3O5S. The topological polar surface area (TPSA) is 132 Å². The van der Waals surface area contributed by atoms with Crippen molar-refractivity contribution in [1.82, 2.24) is 0 Å². The lowest BCUT2D eigenvalue weighted by atomic mass is 10.2. The van der Waals surface area contributed by atoms with Gasteiger partial charge in [0.2, 0.25) is 0 Å². The molecule has 0 aliphatic carbocycles. The summed E-state index contributed by atoms with van der Waals surface area (Å²) in [6.07, 6.45) is 0. The van der Waals surface area contributed by atoms with E-state index in [1.807, 2.05) is 0 Å². The van der Waals surface area contributed by atoms with E-state index in [2.05, 4.69) is 10.2 Å². The average Bonchev–Trinajstić information content (AvgIpc) is 2.52. The molecule has 2 aromatic rings. The molecule has 0 radical (unpaired) electrons. The maximum Gasteiger partial charge on any atom is 0.294 e. The largest absolute Gasteiger partial charge is 0.507 e. The Kier molecular flexibility index (Phi) is 4.59. The molecule has 0 unspecified atom stereocenters. The first-order valence-electron chi connectivity index (χ1n) is 6.15. The molecule has 0 fully saturated rings. The smallest absolute Gasteiger partial charge is 0.294 e. The predicted octanol–water partition coefficient (Wildman–Crippen LogP) is 2.93. The monoisotopic (exact) mass is 333 g/mol. The highest BCUT2D eigenvalue weighted by atomic mass is 32.2. The van der Waals surface area contributed by atoms with Gasteiger partial charge >= 0.3 is 0 Å². The van der Waals surface area contributed by atoms with Crippen molar-refractivity contribution >= 4 is 21.5 Å². The third-order valence-corrected chi connectivity index (χ3v) is 3.67. The summed E-state index contributed by atoms with van der Waals surface area (Å²) in [4.78, 5) is -0.351. The van der Waals surface area contributed by atoms with Crippen molar-refractivity contribution in [3.63, 3.8) is 0 Å². The zero-order valence-corrected chi connectivity index (χ0v) is 12.6. The number of rotatable bonds is 4. The molecule has 2 N–H and O–H groups in total. The normalized spacial score (nSPS) is 11.3. The first kappa shape index (κ1) is 16.4. The zero-order valence-electron chi connectivity index (χ0n) is 11.8. The molecule has 0 spiro atoms. The number of nitrogens with zero attached hydrogens (tertiary/aromatic N) is 3. The first-order chi connectivity index (χ1) is 10.8. The molecule has 0 saturated heterocycles. The number of hydrogen-bond donors (Lipinski definition) is 2. The van der Waals surface area contributed by atoms with Crippen molar-refractivity contribution in [1.29, 1.82) is 5.26 Å². The zero-order chi connectivity index (χ0) is 17.0. The fourth-order valence-electron chi connectivity index (χ4n) is 1.70. The number of nitriles is 1. The highest BCUT2D eigenvalue weighted by Gasteiger charge is 2.13. The molecule has 0 aromatic heterocycles. The summed E-state index contributed by atoms with van der Waals surface area (Å²) in [6.45, 7) is 0. The Morgan fingerprint density at radius 1 is 1.17 bits per heavy atom. The van der Waals surface area contributed by atoms with Crippen LogP contribution in [0.1, 0.15) is 5.56 Å². The van der Waals surface area contributed by atoms with E-state index in [-0.39, 0.29) is 33.3 Å². The molecule has 0 amide bonds. The molecule has 23 heavy (non-hydrogen) atoms. The minimum absolute atomic E-state index is 0.0279. The Morgan fingerprint density at radius 3 is 2.52 bits per heavy atom. The van der Waals surface area contributed by atoms with Crippen molar-refractivity contribution < 1.29 is 22.8 Å². The fourth-order valence-corrected chi connectivity index (χ4v) is 2.20. The van der Waals surface area contributed by atoms with E-state index in [1.54, 1.807) is 6.07 Å². The molecule has 2 rings (SSSR count). The molecule has 0 saturated carbocycles. The van der Waals surface area contributed by atoms with E-state index < -0.39 is 10.1 Å². The van der Waals surface area contributed by atoms with E-state index in [4.69, 9.17) is 14.6 Å². The Bertz CT molecular complexity index is 916. The first-order valence-corrected chi connectivity index (χ1v) is 7.59. The standard InChI is InChI=1S/C14H11N3O5S/c1-22-14-5-3-11(23(19,20)21)7-12(14)17-16-10-2-4-13(18)9(6-10)8-15/h2-7,18H,1H3,(H,19,20,21). The van der Waals surface area contributed by atoms with Crippen LogP contribution in [0.15, 0.2) is 51.5 Å². The van der Waals surface area contributed by atoms with E-state index in [0.717, 1.165) is 6.07 Å². The van der Waals surface area contributed by atoms with Crippen molar-refractivity contribution in [2.24, 2.45) is 10.2 Å². The van der Waals surface area contributed by atoms with Gasteiger partial charge in [-0.15, -0.1) is 5.11 Å². The van der Waals surface area contributed by atoms with Crippen LogP contribution in [0.5, 0.6) is 11.5 Å². The number of ether oxygens (including phenoxy) is 1. The summed E-state index contributed by atoms with van der Waals surface area (Å²) >= 11 is 0. The second kappa shape index (κ2) is 6.43. The summed E-state index contributed by atoms with van der Waals surface area (Å²) in [6, 6.07) is 9.43. The van der Waals surface area contributed by atoms with Gasteiger partial charge < -0.3 is 9.84 Å². The van der Waals surface area contributed by atoms with Crippen LogP contribution in [0.2, 0.25) is 0 Å². The van der Waals surface area contributed by atoms with E-state index in [1.165, 1.54) is 37.4 Å². The molecule has 2 aromatic carbocycles. The fraction of sp³-hybridized carbons (Fsp3) is 0.0714. The van der Waals surface area contributed by atoms with Crippen molar-refractivity contribution in [3.8, 4) is 17.6 Å². The van der Waals surface area contributed by atoms with Crippen molar-refractivity contribution in [2.45, 2.75) is 4.90 Å². The van der Waals surface area contributed by atoms with E-state index >= 15 is 0 Å². The molecule has 0 bridgehead atoms. The predicted molar refractivity (Wildman–Crippen MR) is 79.8 cm³/mol. The molecule has 9 heteroatoms. The summed E-state index contributed by atoms with van der Waals surface area (Å²) in [5, 5.41) is 26.0. The van der Waals surface area contributed by atoms with Gasteiger partial charge in [0.15, 0.2) is 0 Å². The molecule has 0 aliphatic rings. The van der Waals surface area contributed by atoms with Crippen LogP contribution < -0.4 is 4.74 Å². The summed E-state index contributed by atoms with van der Waals surface area (Å²) in [7, 11) is -3.01. The van der Waals surface area contributed by atoms with Crippen LogP contribution in [0.4, 0.5) is 11.4 Å². The maximum absolute atomic E-state index is 11.2. The summed E-state index contributed by atoms with van der Waals surface area (Å²) in [5.41, 5.74) is 0.382. The second-order valence-electron chi connectivity index (χ2n) is 4.32. The van der Waals surface area contributed by atoms with Crippen LogP contribution in [0.3, 0.4) is 0 Å². The number of hydrogen-bond acceptors (Lipinski definition) is 7. The lowest BCUT2D eigenvalue weighted by Crippen LogP contribution is -1.97. The average molecular weight is 333 g/mol. The number of phenols is 1. The molecule has 0 atom stereocenters. The van der Waals surface area contributed by atoms with Gasteiger partial charge in [-0.1, -0.05) is 0 Å². The second-order valence-corrected chi connectivity index (χ2v) is 5.74. The Labute approximate surface area is 132 Å². The van der Waals surface area contributed by atoms with Gasteiger partial charge in [-0.05, 0) is 36.4 Å². The Balaban J connectivity index is 2.44. The number of methoxy groups -OCH3 is 1. The van der Waals surface area contributed by atoms with Gasteiger partial charge in [0.05, 0.1) is 23.3 Å². The van der Waals surface area contributed by atoms with Gasteiger partial charge in [-0.25, -0.2) is 0 Å². The quantitative estimate of drug-likeness (QED) is 0.653. The van der Waals surface area contributed by atoms with Crippen LogP contribution in [-0.2, 0) is 10.1 Å². The Morgan fingerprint density at radius 2 is 1.91 bits per heavy atom. The van der Waals surface area contributed by atoms with Gasteiger partial charge in [0.25, 0.3) is 10.1 Å². The van der Waals surface area contributed by atoms with Gasteiger partial charge in [-0.2, -0.15) is 18.8 Å². The lowest BCUT2D eigenvalue weighted by Gasteiger charge is -2.05. The van der Waals surface area contributed by atoms with E-state index in [9.17, 15) is 13.5 Å². The molecular weight excluding hydrogens is 322 g/mol. The van der Waals surface area contributed by atoms with Gasteiger partial charge in [-0.3, -0.25) is 4.55 Å². The molecule has 118 valence electrons. The SMILES string of the molecule is COc1ccc(S(=O)(=O)O)cc1N=Nc1ccc(O)c(C#N)c1. The molecule has 8 nitrogen and oxygen atoms in total. The number of aromatic hydroxyl groups is 1. The Hall–Kier alpha value is -2.96. The number of azo groups is 1. The summed E-state index contributed by atoms with van der Waals surface area (Å²) < 4.78 is 36.4. The van der Waals surface area contributed by atoms with Crippen molar-refractivity contribution in [3.05, 3.63) is 42.0 Å². The third-order valence-electron chi connectivity index (χ3n) is 2.82. The highest BCUT2D eigenvalue weighted by molar-refractivity contribution is 7.85. The minimum Gasteiger partial charge on any atom is -0.507 e.